The quantitative estimate of drug-likeness (QED) is 0.205. The summed E-state index contributed by atoms with van der Waals surface area (Å²) in [7, 11) is 1.45. The highest BCUT2D eigenvalue weighted by atomic mass is 16.5. The molecule has 1 saturated heterocycles. The Morgan fingerprint density at radius 1 is 1.03 bits per heavy atom. The fourth-order valence-electron chi connectivity index (χ4n) is 4.28. The molecule has 1 fully saturated rings. The second-order valence-corrected chi connectivity index (χ2v) is 8.65. The summed E-state index contributed by atoms with van der Waals surface area (Å²) in [5, 5.41) is 21.2. The Morgan fingerprint density at radius 2 is 1.76 bits per heavy atom. The summed E-state index contributed by atoms with van der Waals surface area (Å²) >= 11 is 0. The first kappa shape index (κ1) is 25.5. The summed E-state index contributed by atoms with van der Waals surface area (Å²) in [5.74, 6) is -2.37. The smallest absolute Gasteiger partial charge is 0.338 e. The number of rotatable bonds is 7. The number of aliphatic hydroxyl groups is 1. The van der Waals surface area contributed by atoms with Gasteiger partial charge in [0.2, 0.25) is 0 Å². The molecule has 1 aliphatic heterocycles. The molecule has 4 rings (SSSR count). The first-order valence-corrected chi connectivity index (χ1v) is 11.8. The summed E-state index contributed by atoms with van der Waals surface area (Å²) in [5.41, 5.74) is 1.92. The summed E-state index contributed by atoms with van der Waals surface area (Å²) in [6, 6.07) is 16.3. The van der Waals surface area contributed by atoms with Crippen molar-refractivity contribution in [3.63, 3.8) is 0 Å². The average molecular weight is 502 g/mol. The fourth-order valence-corrected chi connectivity index (χ4v) is 4.28. The van der Waals surface area contributed by atoms with Crippen molar-refractivity contribution < 1.29 is 34.1 Å². The number of Topliss-reactive ketones (excluding diaryl/α,β-unsaturated/α-hetero) is 1. The van der Waals surface area contributed by atoms with Crippen molar-refractivity contribution in [2.75, 3.05) is 18.6 Å². The van der Waals surface area contributed by atoms with Crippen LogP contribution in [0.1, 0.15) is 46.4 Å². The molecule has 0 aliphatic carbocycles. The molecule has 3 aromatic rings. The van der Waals surface area contributed by atoms with Crippen molar-refractivity contribution in [3.05, 3.63) is 94.6 Å². The van der Waals surface area contributed by atoms with Crippen LogP contribution in [0.15, 0.2) is 72.3 Å². The van der Waals surface area contributed by atoms with Gasteiger partial charge < -0.3 is 19.7 Å². The van der Waals surface area contributed by atoms with Crippen LogP contribution in [0.2, 0.25) is 0 Å². The molecular weight excluding hydrogens is 474 g/mol. The second-order valence-electron chi connectivity index (χ2n) is 8.65. The van der Waals surface area contributed by atoms with E-state index < -0.39 is 29.5 Å². The van der Waals surface area contributed by atoms with E-state index in [0.29, 0.717) is 17.7 Å². The minimum atomic E-state index is -1.03. The van der Waals surface area contributed by atoms with Crippen molar-refractivity contribution in [3.8, 4) is 11.5 Å². The van der Waals surface area contributed by atoms with Crippen molar-refractivity contribution in [1.29, 1.82) is 0 Å². The highest BCUT2D eigenvalue weighted by Crippen LogP contribution is 2.43. The number of carbonyl (C=O) groups excluding carboxylic acids is 3. The van der Waals surface area contributed by atoms with Gasteiger partial charge in [-0.3, -0.25) is 14.5 Å². The molecule has 0 saturated carbocycles. The van der Waals surface area contributed by atoms with Crippen molar-refractivity contribution in [2.24, 2.45) is 0 Å². The zero-order valence-corrected chi connectivity index (χ0v) is 20.7. The standard InChI is InChI=1S/C29H27NO7/c1-4-14-37-29(35)19-6-5-7-20(16-19)30-25(18-9-11-21(31)12-10-18)24(27(33)28(30)34)26(32)22-15-17(2)8-13-23(22)36-3/h5-13,15-16,25,31-32H,4,14H2,1-3H3/b26-24+. The number of phenolic OH excluding ortho intramolecular Hbond substituents is 1. The van der Waals surface area contributed by atoms with Crippen LogP contribution in [0, 0.1) is 6.92 Å². The largest absolute Gasteiger partial charge is 0.508 e. The fraction of sp³-hybridized carbons (Fsp3) is 0.207. The normalized spacial score (nSPS) is 16.6. The van der Waals surface area contributed by atoms with Crippen molar-refractivity contribution >= 4 is 29.1 Å². The lowest BCUT2D eigenvalue weighted by atomic mass is 9.94. The van der Waals surface area contributed by atoms with Crippen LogP contribution in [-0.4, -0.2) is 41.6 Å². The molecule has 1 aliphatic rings. The number of ketones is 1. The van der Waals surface area contributed by atoms with Crippen LogP contribution < -0.4 is 9.64 Å². The maximum atomic E-state index is 13.4. The van der Waals surface area contributed by atoms with E-state index in [9.17, 15) is 24.6 Å². The first-order valence-electron chi connectivity index (χ1n) is 11.8. The molecule has 0 bridgehead atoms. The van der Waals surface area contributed by atoms with E-state index in [1.165, 1.54) is 30.2 Å². The molecule has 1 unspecified atom stereocenters. The summed E-state index contributed by atoms with van der Waals surface area (Å²) in [6.07, 6.45) is 0.656. The van der Waals surface area contributed by atoms with Gasteiger partial charge in [0.05, 0.1) is 36.5 Å². The number of aliphatic hydroxyl groups excluding tert-OH is 1. The lowest BCUT2D eigenvalue weighted by Gasteiger charge is -2.26. The van der Waals surface area contributed by atoms with Gasteiger partial charge in [-0.25, -0.2) is 4.79 Å². The Balaban J connectivity index is 1.92. The van der Waals surface area contributed by atoms with Crippen LogP contribution in [0.5, 0.6) is 11.5 Å². The third-order valence-corrected chi connectivity index (χ3v) is 6.06. The number of carbonyl (C=O) groups is 3. The van der Waals surface area contributed by atoms with Gasteiger partial charge in [0.15, 0.2) is 0 Å². The van der Waals surface area contributed by atoms with Gasteiger partial charge in [-0.05, 0) is 61.4 Å². The minimum absolute atomic E-state index is 0.00159. The number of phenols is 1. The SMILES string of the molecule is CCCOC(=O)c1cccc(N2C(=O)C(=O)/C(=C(/O)c3cc(C)ccc3OC)C2c2ccc(O)cc2)c1. The molecule has 0 spiro atoms. The van der Waals surface area contributed by atoms with Gasteiger partial charge in [-0.2, -0.15) is 0 Å². The number of esters is 1. The number of anilines is 1. The minimum Gasteiger partial charge on any atom is -0.508 e. The molecule has 1 heterocycles. The van der Waals surface area contributed by atoms with Gasteiger partial charge in [0, 0.05) is 5.69 Å². The Labute approximate surface area is 214 Å². The van der Waals surface area contributed by atoms with Gasteiger partial charge in [-0.1, -0.05) is 36.8 Å². The molecule has 8 heteroatoms. The molecule has 1 amide bonds. The third kappa shape index (κ3) is 4.91. The second kappa shape index (κ2) is 10.6. The van der Waals surface area contributed by atoms with E-state index in [1.54, 1.807) is 48.5 Å². The van der Waals surface area contributed by atoms with Crippen LogP contribution in [0.4, 0.5) is 5.69 Å². The molecule has 0 radical (unpaired) electrons. The average Bonchev–Trinajstić information content (AvgIpc) is 3.17. The van der Waals surface area contributed by atoms with E-state index in [1.807, 2.05) is 13.8 Å². The Bertz CT molecular complexity index is 1390. The molecule has 190 valence electrons. The van der Waals surface area contributed by atoms with E-state index in [0.717, 1.165) is 5.56 Å². The zero-order valence-electron chi connectivity index (χ0n) is 20.7. The lowest BCUT2D eigenvalue weighted by Crippen LogP contribution is -2.29. The zero-order chi connectivity index (χ0) is 26.7. The number of aromatic hydroxyl groups is 1. The number of methoxy groups -OCH3 is 1. The van der Waals surface area contributed by atoms with E-state index >= 15 is 0 Å². The van der Waals surface area contributed by atoms with Crippen LogP contribution in [0.3, 0.4) is 0 Å². The van der Waals surface area contributed by atoms with Crippen molar-refractivity contribution in [1.82, 2.24) is 0 Å². The maximum absolute atomic E-state index is 13.4. The van der Waals surface area contributed by atoms with Crippen LogP contribution >= 0.6 is 0 Å². The molecule has 3 aromatic carbocycles. The third-order valence-electron chi connectivity index (χ3n) is 6.06. The number of nitrogens with zero attached hydrogens (tertiary/aromatic N) is 1. The highest BCUT2D eigenvalue weighted by molar-refractivity contribution is 6.51. The topological polar surface area (TPSA) is 113 Å². The van der Waals surface area contributed by atoms with Gasteiger partial charge in [0.25, 0.3) is 11.7 Å². The summed E-state index contributed by atoms with van der Waals surface area (Å²) in [4.78, 5) is 40.5. The molecule has 0 aromatic heterocycles. The summed E-state index contributed by atoms with van der Waals surface area (Å²) < 4.78 is 10.6. The van der Waals surface area contributed by atoms with E-state index in [-0.39, 0.29) is 34.7 Å². The summed E-state index contributed by atoms with van der Waals surface area (Å²) in [6.45, 7) is 3.96. The number of hydrogen-bond donors (Lipinski definition) is 2. The Hall–Kier alpha value is -4.59. The van der Waals surface area contributed by atoms with Gasteiger partial charge in [0.1, 0.15) is 17.3 Å². The first-order chi connectivity index (χ1) is 17.8. The number of hydrogen-bond acceptors (Lipinski definition) is 7. The maximum Gasteiger partial charge on any atom is 0.338 e. The monoisotopic (exact) mass is 501 g/mol. The van der Waals surface area contributed by atoms with Gasteiger partial charge >= 0.3 is 5.97 Å². The Kier molecular flexibility index (Phi) is 7.29. The number of ether oxygens (including phenoxy) is 2. The number of amides is 1. The van der Waals surface area contributed by atoms with E-state index in [4.69, 9.17) is 9.47 Å². The molecule has 37 heavy (non-hydrogen) atoms. The van der Waals surface area contributed by atoms with Crippen LogP contribution in [0.25, 0.3) is 5.76 Å². The number of aryl methyl sites for hydroxylation is 1. The highest BCUT2D eigenvalue weighted by Gasteiger charge is 2.47. The molecule has 1 atom stereocenters. The number of benzene rings is 3. The predicted molar refractivity (Wildman–Crippen MR) is 138 cm³/mol. The molecule has 2 N–H and O–H groups in total. The van der Waals surface area contributed by atoms with Crippen molar-refractivity contribution in [2.45, 2.75) is 26.3 Å². The lowest BCUT2D eigenvalue weighted by molar-refractivity contribution is -0.132. The molecular formula is C29H27NO7. The Morgan fingerprint density at radius 3 is 2.43 bits per heavy atom. The molecule has 8 nitrogen and oxygen atoms in total. The van der Waals surface area contributed by atoms with Crippen LogP contribution in [-0.2, 0) is 14.3 Å². The van der Waals surface area contributed by atoms with E-state index in [2.05, 4.69) is 0 Å². The van der Waals surface area contributed by atoms with Gasteiger partial charge in [-0.15, -0.1) is 0 Å². The predicted octanol–water partition coefficient (Wildman–Crippen LogP) is 4.90.